The molecule has 1 N–H and O–H groups in total. The van der Waals surface area contributed by atoms with Crippen LogP contribution in [0, 0.1) is 6.92 Å². The van der Waals surface area contributed by atoms with Crippen molar-refractivity contribution in [2.45, 2.75) is 20.4 Å². The average molecular weight is 294 g/mol. The van der Waals surface area contributed by atoms with Gasteiger partial charge < -0.3 is 5.32 Å². The fraction of sp³-hybridized carbons (Fsp3) is 0.222. The van der Waals surface area contributed by atoms with Crippen LogP contribution in [0.1, 0.15) is 23.1 Å². The van der Waals surface area contributed by atoms with Crippen molar-refractivity contribution < 1.29 is 9.36 Å². The number of amides is 1. The summed E-state index contributed by atoms with van der Waals surface area (Å²) in [6, 6.07) is 16.1. The van der Waals surface area contributed by atoms with Crippen molar-refractivity contribution in [3.05, 3.63) is 59.9 Å². The number of rotatable bonds is 3. The fourth-order valence-corrected chi connectivity index (χ4v) is 2.99. The lowest BCUT2D eigenvalue weighted by atomic mass is 10.2. The highest BCUT2D eigenvalue weighted by molar-refractivity contribution is 5.96. The molecule has 0 saturated carbocycles. The number of benzene rings is 2. The van der Waals surface area contributed by atoms with Crippen molar-refractivity contribution in [1.82, 2.24) is 9.88 Å². The van der Waals surface area contributed by atoms with Crippen molar-refractivity contribution in [2.24, 2.45) is 0 Å². The molecule has 0 saturated heterocycles. The minimum Gasteiger partial charge on any atom is -0.355 e. The Kier molecular flexibility index (Phi) is 3.67. The topological polar surface area (TPSA) is 37.9 Å². The van der Waals surface area contributed by atoms with E-state index in [0.717, 1.165) is 29.1 Å². The van der Waals surface area contributed by atoms with Gasteiger partial charge in [-0.1, -0.05) is 18.2 Å². The number of hydrogen-bond donors (Lipinski definition) is 1. The Hall–Kier alpha value is -2.62. The van der Waals surface area contributed by atoms with Crippen molar-refractivity contribution in [3.8, 4) is 5.69 Å². The van der Waals surface area contributed by atoms with Gasteiger partial charge in [-0.15, -0.1) is 0 Å². The standard InChI is InChI=1S/C18H19N3O/c1-4-20-13(2)21(15-8-6-5-7-9-15)16-11-10-14(12-17(16)20)18(22)19-3/h5-12H,4H2,1-3H3/p+1. The predicted octanol–water partition coefficient (Wildman–Crippen LogP) is 2.61. The number of fused-ring (bicyclic) bond motifs is 1. The molecule has 0 aliphatic carbocycles. The van der Waals surface area contributed by atoms with E-state index in [1.807, 2.05) is 36.4 Å². The van der Waals surface area contributed by atoms with E-state index in [-0.39, 0.29) is 5.91 Å². The summed E-state index contributed by atoms with van der Waals surface area (Å²) in [5.74, 6) is 1.09. The van der Waals surface area contributed by atoms with Crippen LogP contribution in [0.2, 0.25) is 0 Å². The van der Waals surface area contributed by atoms with E-state index in [1.54, 1.807) is 7.05 Å². The Morgan fingerprint density at radius 3 is 2.55 bits per heavy atom. The molecule has 0 spiro atoms. The molecule has 0 radical (unpaired) electrons. The second kappa shape index (κ2) is 5.64. The Morgan fingerprint density at radius 1 is 1.18 bits per heavy atom. The van der Waals surface area contributed by atoms with Gasteiger partial charge in [0.05, 0.1) is 6.54 Å². The normalized spacial score (nSPS) is 10.9. The third-order valence-corrected chi connectivity index (χ3v) is 4.04. The van der Waals surface area contributed by atoms with Crippen LogP contribution < -0.4 is 9.88 Å². The SMILES string of the molecule is CC[n+]1c(C)n(-c2ccccc2)c2ccc(C(=O)NC)cc21. The zero-order chi connectivity index (χ0) is 15.7. The van der Waals surface area contributed by atoms with Crippen LogP contribution in [-0.4, -0.2) is 17.5 Å². The summed E-state index contributed by atoms with van der Waals surface area (Å²) in [7, 11) is 1.65. The van der Waals surface area contributed by atoms with Gasteiger partial charge in [-0.2, -0.15) is 4.57 Å². The quantitative estimate of drug-likeness (QED) is 0.741. The molecular formula is C18H20N3O+. The second-order valence-electron chi connectivity index (χ2n) is 5.25. The number of nitrogens with one attached hydrogen (secondary N) is 1. The van der Waals surface area contributed by atoms with Gasteiger partial charge in [0.15, 0.2) is 11.0 Å². The number of nitrogens with zero attached hydrogens (tertiary/aromatic N) is 2. The summed E-state index contributed by atoms with van der Waals surface area (Å²) in [6.45, 7) is 5.09. The van der Waals surface area contributed by atoms with Gasteiger partial charge >= 0.3 is 0 Å². The van der Waals surface area contributed by atoms with Gasteiger partial charge in [0.2, 0.25) is 0 Å². The minimum absolute atomic E-state index is 0.0605. The van der Waals surface area contributed by atoms with Crippen LogP contribution in [0.25, 0.3) is 16.7 Å². The summed E-state index contributed by atoms with van der Waals surface area (Å²) < 4.78 is 4.46. The van der Waals surface area contributed by atoms with Gasteiger partial charge in [0.1, 0.15) is 5.69 Å². The number of aromatic nitrogens is 2. The fourth-order valence-electron chi connectivity index (χ4n) is 2.99. The first-order valence-electron chi connectivity index (χ1n) is 7.49. The van der Waals surface area contributed by atoms with E-state index in [4.69, 9.17) is 0 Å². The van der Waals surface area contributed by atoms with Crippen molar-refractivity contribution >= 4 is 16.9 Å². The number of aryl methyl sites for hydroxylation is 1. The smallest absolute Gasteiger partial charge is 0.259 e. The van der Waals surface area contributed by atoms with E-state index >= 15 is 0 Å². The summed E-state index contributed by atoms with van der Waals surface area (Å²) in [4.78, 5) is 11.9. The summed E-state index contributed by atoms with van der Waals surface area (Å²) in [5.41, 5.74) is 4.00. The molecule has 0 bridgehead atoms. The van der Waals surface area contributed by atoms with Gasteiger partial charge in [-0.05, 0) is 31.2 Å². The molecule has 22 heavy (non-hydrogen) atoms. The molecule has 0 unspecified atom stereocenters. The molecule has 0 atom stereocenters. The maximum atomic E-state index is 11.9. The zero-order valence-corrected chi connectivity index (χ0v) is 13.1. The highest BCUT2D eigenvalue weighted by Crippen LogP contribution is 2.21. The van der Waals surface area contributed by atoms with Crippen LogP contribution in [-0.2, 0) is 6.54 Å². The maximum absolute atomic E-state index is 11.9. The van der Waals surface area contributed by atoms with E-state index in [2.05, 4.69) is 40.4 Å². The molecule has 1 aromatic heterocycles. The molecule has 0 aliphatic rings. The van der Waals surface area contributed by atoms with E-state index in [9.17, 15) is 4.79 Å². The number of imidazole rings is 1. The first-order valence-corrected chi connectivity index (χ1v) is 7.49. The van der Waals surface area contributed by atoms with Crippen LogP contribution in [0.4, 0.5) is 0 Å². The van der Waals surface area contributed by atoms with E-state index in [1.165, 1.54) is 0 Å². The third kappa shape index (κ3) is 2.17. The monoisotopic (exact) mass is 294 g/mol. The Bertz CT molecular complexity index is 834. The molecule has 0 aliphatic heterocycles. The zero-order valence-electron chi connectivity index (χ0n) is 13.1. The van der Waals surface area contributed by atoms with Crippen molar-refractivity contribution in [1.29, 1.82) is 0 Å². The van der Waals surface area contributed by atoms with Gasteiger partial charge in [0, 0.05) is 25.6 Å². The lowest BCUT2D eigenvalue weighted by Crippen LogP contribution is -2.35. The van der Waals surface area contributed by atoms with E-state index < -0.39 is 0 Å². The van der Waals surface area contributed by atoms with Crippen molar-refractivity contribution in [3.63, 3.8) is 0 Å². The molecule has 2 aromatic carbocycles. The first kappa shape index (κ1) is 14.3. The summed E-state index contributed by atoms with van der Waals surface area (Å²) >= 11 is 0. The van der Waals surface area contributed by atoms with Crippen LogP contribution in [0.15, 0.2) is 48.5 Å². The molecule has 3 aromatic rings. The highest BCUT2D eigenvalue weighted by atomic mass is 16.1. The molecule has 0 fully saturated rings. The molecule has 1 heterocycles. The number of hydrogen-bond acceptors (Lipinski definition) is 1. The maximum Gasteiger partial charge on any atom is 0.259 e. The molecule has 4 nitrogen and oxygen atoms in total. The average Bonchev–Trinajstić information content (AvgIpc) is 2.85. The summed E-state index contributed by atoms with van der Waals surface area (Å²) in [6.07, 6.45) is 0. The molecule has 112 valence electrons. The van der Waals surface area contributed by atoms with Crippen LogP contribution in [0.3, 0.4) is 0 Å². The number of para-hydroxylation sites is 1. The molecule has 4 heteroatoms. The van der Waals surface area contributed by atoms with Crippen molar-refractivity contribution in [2.75, 3.05) is 7.05 Å². The number of carbonyl (C=O) groups is 1. The molecular weight excluding hydrogens is 274 g/mol. The predicted molar refractivity (Wildman–Crippen MR) is 87.3 cm³/mol. The van der Waals surface area contributed by atoms with E-state index in [0.29, 0.717) is 5.56 Å². The van der Waals surface area contributed by atoms with Gasteiger partial charge in [-0.3, -0.25) is 4.79 Å². The van der Waals surface area contributed by atoms with Crippen LogP contribution >= 0.6 is 0 Å². The summed E-state index contributed by atoms with van der Waals surface area (Å²) in [5, 5.41) is 2.68. The largest absolute Gasteiger partial charge is 0.355 e. The first-order chi connectivity index (χ1) is 10.7. The Balaban J connectivity index is 2.31. The van der Waals surface area contributed by atoms with Crippen LogP contribution in [0.5, 0.6) is 0 Å². The Labute approximate surface area is 130 Å². The molecule has 3 rings (SSSR count). The second-order valence-corrected chi connectivity index (χ2v) is 5.25. The lowest BCUT2D eigenvalue weighted by Gasteiger charge is -2.00. The number of carbonyl (C=O) groups excluding carboxylic acids is 1. The Morgan fingerprint density at radius 2 is 1.91 bits per heavy atom. The highest BCUT2D eigenvalue weighted by Gasteiger charge is 2.23. The molecule has 1 amide bonds. The third-order valence-electron chi connectivity index (χ3n) is 4.04. The van der Waals surface area contributed by atoms with Gasteiger partial charge in [-0.25, -0.2) is 4.57 Å². The lowest BCUT2D eigenvalue weighted by molar-refractivity contribution is -0.674. The minimum atomic E-state index is -0.0605. The van der Waals surface area contributed by atoms with Gasteiger partial charge in [0.25, 0.3) is 11.7 Å².